The van der Waals surface area contributed by atoms with E-state index >= 15 is 0 Å². The zero-order chi connectivity index (χ0) is 46.4. The van der Waals surface area contributed by atoms with Crippen LogP contribution in [0.25, 0.3) is 0 Å². The molecule has 0 radical (unpaired) electrons. The number of fused-ring (bicyclic) bond motifs is 5. The van der Waals surface area contributed by atoms with Crippen molar-refractivity contribution in [3.63, 3.8) is 0 Å². The van der Waals surface area contributed by atoms with Gasteiger partial charge in [0.05, 0.1) is 24.4 Å². The Kier molecular flexibility index (Phi) is 16.3. The predicted molar refractivity (Wildman–Crippen MR) is 262 cm³/mol. The number of aromatic amines is 1. The van der Waals surface area contributed by atoms with Crippen molar-refractivity contribution in [1.82, 2.24) is 10.3 Å². The molecule has 11 N–H and O–H groups in total. The number of rotatable bonds is 11. The van der Waals surface area contributed by atoms with E-state index in [1.54, 1.807) is 27.7 Å². The number of aliphatic hydroxyl groups is 6. The molecule has 0 unspecified atom stereocenters. The molecule has 2 aromatic carbocycles. The summed E-state index contributed by atoms with van der Waals surface area (Å²) in [6.07, 6.45) is 7.47. The maximum Gasteiger partial charge on any atom is 0.161 e. The summed E-state index contributed by atoms with van der Waals surface area (Å²) in [5.74, 6) is 7.28. The fraction of sp³-hybridized carbons (Fsp3) is 0.547. The molecule has 3 aliphatic carbocycles. The maximum atomic E-state index is 12.3. The Hall–Kier alpha value is -3.84. The van der Waals surface area contributed by atoms with Crippen molar-refractivity contribution in [3.05, 3.63) is 118 Å². The number of allylic oxidation sites excluding steroid dienone is 3. The molecule has 1 saturated heterocycles. The van der Waals surface area contributed by atoms with Gasteiger partial charge in [-0.05, 0) is 129 Å². The van der Waals surface area contributed by atoms with Gasteiger partial charge in [0.25, 0.3) is 0 Å². The number of H-pyrrole nitrogens is 1. The molecule has 11 nitrogen and oxygen atoms in total. The van der Waals surface area contributed by atoms with Crippen LogP contribution in [0.5, 0.6) is 11.5 Å². The summed E-state index contributed by atoms with van der Waals surface area (Å²) in [5, 5.41) is 83.9. The molecule has 1 aromatic heterocycles. The molecule has 356 valence electrons. The smallest absolute Gasteiger partial charge is 0.161 e. The van der Waals surface area contributed by atoms with Crippen LogP contribution < -0.4 is 15.8 Å². The first kappa shape index (κ1) is 48.6. The molecular formula is C53H69N3O8S2. The average Bonchev–Trinajstić information content (AvgIpc) is 3.77. The molecule has 5 aliphatic rings. The molecule has 0 amide bonds. The Bertz CT molecular complexity index is 2260. The van der Waals surface area contributed by atoms with Crippen molar-refractivity contribution in [1.29, 1.82) is 0 Å². The highest BCUT2D eigenvalue weighted by atomic mass is 33.1. The molecule has 0 bridgehead atoms. The lowest BCUT2D eigenvalue weighted by atomic mass is 9.70. The fourth-order valence-electron chi connectivity index (χ4n) is 11.5. The quantitative estimate of drug-likeness (QED) is 0.0587. The Morgan fingerprint density at radius 3 is 2.55 bits per heavy atom. The average molecular weight is 940 g/mol. The summed E-state index contributed by atoms with van der Waals surface area (Å²) in [7, 11) is 3.24. The lowest BCUT2D eigenvalue weighted by molar-refractivity contribution is -0.0215. The van der Waals surface area contributed by atoms with E-state index < -0.39 is 53.7 Å². The summed E-state index contributed by atoms with van der Waals surface area (Å²) < 4.78 is 6.88. The largest absolute Gasteiger partial charge is 0.504 e. The summed E-state index contributed by atoms with van der Waals surface area (Å²) in [6.45, 7) is 2.42. The van der Waals surface area contributed by atoms with Crippen LogP contribution in [0.4, 0.5) is 0 Å². The number of aryl methyl sites for hydroxylation is 1. The van der Waals surface area contributed by atoms with Gasteiger partial charge in [0.2, 0.25) is 0 Å². The third-order valence-corrected chi connectivity index (χ3v) is 17.6. The molecule has 8 rings (SSSR count). The molecule has 13 heteroatoms. The molecule has 12 atom stereocenters. The van der Waals surface area contributed by atoms with Crippen LogP contribution in [-0.4, -0.2) is 103 Å². The fourth-order valence-corrected chi connectivity index (χ4v) is 14.0. The minimum atomic E-state index is -1.07. The highest BCUT2D eigenvalue weighted by Crippen LogP contribution is 2.51. The minimum Gasteiger partial charge on any atom is -0.504 e. The van der Waals surface area contributed by atoms with Gasteiger partial charge < -0.3 is 56.5 Å². The molecule has 3 heterocycles. The van der Waals surface area contributed by atoms with Gasteiger partial charge in [-0.15, -0.1) is 0 Å². The van der Waals surface area contributed by atoms with E-state index in [0.29, 0.717) is 81.7 Å². The zero-order valence-electron chi connectivity index (χ0n) is 38.0. The van der Waals surface area contributed by atoms with Crippen molar-refractivity contribution in [3.8, 4) is 23.3 Å². The number of benzene rings is 2. The third-order valence-electron chi connectivity index (χ3n) is 15.2. The Morgan fingerprint density at radius 1 is 0.955 bits per heavy atom. The van der Waals surface area contributed by atoms with Gasteiger partial charge in [-0.1, -0.05) is 88.4 Å². The molecule has 1 fully saturated rings. The number of ether oxygens (including phenoxy) is 1. The molecule has 0 spiro atoms. The highest BCUT2D eigenvalue weighted by molar-refractivity contribution is 8.76. The topological polar surface area (TPSA) is 205 Å². The van der Waals surface area contributed by atoms with Gasteiger partial charge in [-0.25, -0.2) is 0 Å². The Labute approximate surface area is 397 Å². The second-order valence-electron chi connectivity index (χ2n) is 19.4. The summed E-state index contributed by atoms with van der Waals surface area (Å²) in [6, 6.07) is 17.9. The van der Waals surface area contributed by atoms with E-state index in [4.69, 9.17) is 10.5 Å². The number of nitrogens with one attached hydrogen (secondary N) is 2. The Morgan fingerprint density at radius 2 is 1.79 bits per heavy atom. The van der Waals surface area contributed by atoms with E-state index in [0.717, 1.165) is 51.9 Å². The van der Waals surface area contributed by atoms with E-state index in [1.807, 2.05) is 42.6 Å². The third kappa shape index (κ3) is 11.0. The number of phenolic OH excluding ortho intramolecular Hbond substituents is 1. The van der Waals surface area contributed by atoms with Crippen LogP contribution in [0.1, 0.15) is 86.6 Å². The number of nitrogens with two attached hydrogens (primary N) is 1. The van der Waals surface area contributed by atoms with Crippen molar-refractivity contribution in [2.75, 3.05) is 31.3 Å². The lowest BCUT2D eigenvalue weighted by Crippen LogP contribution is -2.42. The number of dihydropyridines is 1. The summed E-state index contributed by atoms with van der Waals surface area (Å²) in [4.78, 5) is 3.35. The van der Waals surface area contributed by atoms with Gasteiger partial charge in [-0.3, -0.25) is 0 Å². The van der Waals surface area contributed by atoms with Crippen LogP contribution in [0.3, 0.4) is 0 Å². The van der Waals surface area contributed by atoms with Gasteiger partial charge in [0.1, 0.15) is 11.9 Å². The number of hydrogen-bond donors (Lipinski definition) is 10. The van der Waals surface area contributed by atoms with E-state index in [9.17, 15) is 35.7 Å². The minimum absolute atomic E-state index is 0.0336. The number of aliphatic hydroxyl groups excluding tert-OH is 6. The monoisotopic (exact) mass is 939 g/mol. The van der Waals surface area contributed by atoms with Gasteiger partial charge in [-0.2, -0.15) is 0 Å². The summed E-state index contributed by atoms with van der Waals surface area (Å²) >= 11 is 0. The lowest BCUT2D eigenvalue weighted by Gasteiger charge is -2.36. The Balaban J connectivity index is 1.17. The predicted octanol–water partition coefficient (Wildman–Crippen LogP) is 6.28. The molecule has 3 aromatic rings. The number of aromatic nitrogens is 1. The summed E-state index contributed by atoms with van der Waals surface area (Å²) in [5.41, 5.74) is 13.3. The standard InChI is InChI=1S/C53H69N3O8S2/c1-2-33-21-35-24-46(61)48(64-49-25-36(22-38-9-6-18-55-38)40-14-19-56-52(54)44(40)31-66-65-30-37(29-58)51(49)63)27-42(35)43-26-47(62)50-34(23-41(33)43)13-16-53(17-20-57,28-39(59)10-11-45(50)60)15-12-32-7-4-3-5-8-32/h3-9,14,18,23-24,27,33-34,36-37,39,43,45,47,49-51,55-63H,2,10-12,15,17,19-22,25-26,28-31,54H2,1H3/t33-,34-,36-,37-,39-,43-,45-,47+,49+,50+,51+,53-/m0/s1. The van der Waals surface area contributed by atoms with Gasteiger partial charge in [0.15, 0.2) is 11.5 Å². The second-order valence-corrected chi connectivity index (χ2v) is 21.9. The SMILES string of the molecule is CC[C@H]1Cc2cc(O)c(O[C@@H]3C[C@H](Cc4ccc[nH]4)C4=CCNC(N)=C4CSSC[C@H](CO)[C@H]3O)cc2[C@H]2C[C@@H](O)[C@@H]3[C@@H](C#C[C@](CCO)(CCc4ccccc4)C[C@@H](O)CC[C@@H]3O)C=C12. The van der Waals surface area contributed by atoms with Crippen LogP contribution >= 0.6 is 21.6 Å². The van der Waals surface area contributed by atoms with Crippen molar-refractivity contribution in [2.24, 2.45) is 40.7 Å². The van der Waals surface area contributed by atoms with Gasteiger partial charge in [0, 0.05) is 77.8 Å². The van der Waals surface area contributed by atoms with Gasteiger partial charge >= 0.3 is 0 Å². The number of hydrogen-bond acceptors (Lipinski definition) is 12. The van der Waals surface area contributed by atoms with E-state index in [-0.39, 0.29) is 42.5 Å². The molecule has 0 saturated carbocycles. The van der Waals surface area contributed by atoms with Crippen molar-refractivity contribution < 1.29 is 40.5 Å². The molecule has 2 aliphatic heterocycles. The van der Waals surface area contributed by atoms with Crippen LogP contribution in [0.15, 0.2) is 95.5 Å². The number of phenols is 1. The van der Waals surface area contributed by atoms with E-state index in [1.165, 1.54) is 0 Å². The first-order chi connectivity index (χ1) is 32.0. The van der Waals surface area contributed by atoms with Crippen LogP contribution in [-0.2, 0) is 19.3 Å². The van der Waals surface area contributed by atoms with Crippen molar-refractivity contribution in [2.45, 2.75) is 114 Å². The van der Waals surface area contributed by atoms with Crippen molar-refractivity contribution >= 4 is 21.6 Å². The maximum absolute atomic E-state index is 12.3. The van der Waals surface area contributed by atoms with Crippen LogP contribution in [0.2, 0.25) is 0 Å². The first-order valence-corrected chi connectivity index (χ1v) is 26.5. The molecule has 66 heavy (non-hydrogen) atoms. The highest BCUT2D eigenvalue weighted by Gasteiger charge is 2.44. The first-order valence-electron chi connectivity index (χ1n) is 24.0. The molecular weight excluding hydrogens is 871 g/mol. The number of aromatic hydroxyl groups is 1. The van der Waals surface area contributed by atoms with E-state index in [2.05, 4.69) is 53.4 Å². The van der Waals surface area contributed by atoms with Crippen LogP contribution in [0, 0.1) is 46.8 Å². The zero-order valence-corrected chi connectivity index (χ0v) is 39.7. The normalized spacial score (nSPS) is 32.8. The second kappa shape index (κ2) is 22.1.